The summed E-state index contributed by atoms with van der Waals surface area (Å²) in [6.07, 6.45) is 3.02. The van der Waals surface area contributed by atoms with Crippen molar-refractivity contribution in [1.82, 2.24) is 5.32 Å². The van der Waals surface area contributed by atoms with Gasteiger partial charge in [0, 0.05) is 12.1 Å². The molecule has 1 saturated carbocycles. The molecule has 3 nitrogen and oxygen atoms in total. The fraction of sp³-hybridized carbons (Fsp3) is 0.571. The number of halogens is 1. The molecule has 0 atom stereocenters. The average Bonchev–Trinajstić information content (AvgIpc) is 3.07. The molecular formula is C14H21FN2O. The van der Waals surface area contributed by atoms with Crippen molar-refractivity contribution in [2.45, 2.75) is 31.7 Å². The van der Waals surface area contributed by atoms with E-state index in [0.29, 0.717) is 12.4 Å². The zero-order valence-corrected chi connectivity index (χ0v) is 10.8. The van der Waals surface area contributed by atoms with Crippen molar-refractivity contribution < 1.29 is 9.13 Å². The van der Waals surface area contributed by atoms with Gasteiger partial charge >= 0.3 is 0 Å². The first-order valence-electron chi connectivity index (χ1n) is 6.54. The Hall–Kier alpha value is -1.13. The summed E-state index contributed by atoms with van der Waals surface area (Å²) in [4.78, 5) is 0. The maximum Gasteiger partial charge on any atom is 0.165 e. The molecule has 0 amide bonds. The first-order valence-corrected chi connectivity index (χ1v) is 6.54. The van der Waals surface area contributed by atoms with Crippen molar-refractivity contribution >= 4 is 0 Å². The van der Waals surface area contributed by atoms with Crippen LogP contribution in [0.15, 0.2) is 18.2 Å². The van der Waals surface area contributed by atoms with Gasteiger partial charge in [0.2, 0.25) is 0 Å². The van der Waals surface area contributed by atoms with E-state index in [9.17, 15) is 4.39 Å². The highest BCUT2D eigenvalue weighted by Gasteiger charge is 2.37. The van der Waals surface area contributed by atoms with Gasteiger partial charge in [-0.25, -0.2) is 4.39 Å². The van der Waals surface area contributed by atoms with E-state index >= 15 is 0 Å². The highest BCUT2D eigenvalue weighted by atomic mass is 19.1. The van der Waals surface area contributed by atoms with Gasteiger partial charge in [-0.15, -0.1) is 0 Å². The summed E-state index contributed by atoms with van der Waals surface area (Å²) < 4.78 is 18.7. The third-order valence-electron chi connectivity index (χ3n) is 3.26. The molecule has 1 aromatic rings. The average molecular weight is 252 g/mol. The summed E-state index contributed by atoms with van der Waals surface area (Å²) in [6, 6.07) is 5.15. The molecule has 100 valence electrons. The van der Waals surface area contributed by atoms with E-state index in [1.165, 1.54) is 0 Å². The summed E-state index contributed by atoms with van der Waals surface area (Å²) >= 11 is 0. The van der Waals surface area contributed by atoms with Gasteiger partial charge in [0.1, 0.15) is 0 Å². The Bertz CT molecular complexity index is 405. The van der Waals surface area contributed by atoms with Gasteiger partial charge in [0.05, 0.1) is 6.61 Å². The fourth-order valence-electron chi connectivity index (χ4n) is 1.88. The number of benzene rings is 1. The Labute approximate surface area is 108 Å². The van der Waals surface area contributed by atoms with Gasteiger partial charge in [-0.2, -0.15) is 0 Å². The van der Waals surface area contributed by atoms with Crippen LogP contribution in [-0.4, -0.2) is 25.2 Å². The molecule has 0 unspecified atom stereocenters. The van der Waals surface area contributed by atoms with Crippen LogP contribution < -0.4 is 15.8 Å². The van der Waals surface area contributed by atoms with Crippen LogP contribution in [0.5, 0.6) is 5.75 Å². The summed E-state index contributed by atoms with van der Waals surface area (Å²) in [5, 5.41) is 3.32. The molecule has 0 aromatic heterocycles. The summed E-state index contributed by atoms with van der Waals surface area (Å²) in [5.74, 6) is 0.0416. The Morgan fingerprint density at radius 2 is 2.22 bits per heavy atom. The van der Waals surface area contributed by atoms with Gasteiger partial charge in [0.25, 0.3) is 0 Å². The maximum absolute atomic E-state index is 13.6. The highest BCUT2D eigenvalue weighted by Crippen LogP contribution is 2.30. The minimum Gasteiger partial charge on any atom is -0.491 e. The summed E-state index contributed by atoms with van der Waals surface area (Å²) in [5.41, 5.74) is 6.97. The lowest BCUT2D eigenvalue weighted by atomic mass is 10.1. The van der Waals surface area contributed by atoms with Crippen molar-refractivity contribution in [2.75, 3.05) is 19.7 Å². The van der Waals surface area contributed by atoms with Crippen molar-refractivity contribution in [1.29, 1.82) is 0 Å². The van der Waals surface area contributed by atoms with E-state index in [2.05, 4.69) is 5.32 Å². The minimum absolute atomic E-state index is 0.0318. The van der Waals surface area contributed by atoms with Crippen LogP contribution in [0.4, 0.5) is 4.39 Å². The largest absolute Gasteiger partial charge is 0.491 e. The SMILES string of the molecule is CCOc1ccc(CCNCC2(N)CC2)cc1F. The van der Waals surface area contributed by atoms with Crippen LogP contribution in [0, 0.1) is 5.82 Å². The third-order valence-corrected chi connectivity index (χ3v) is 3.26. The van der Waals surface area contributed by atoms with Crippen LogP contribution >= 0.6 is 0 Å². The molecule has 18 heavy (non-hydrogen) atoms. The van der Waals surface area contributed by atoms with Gasteiger partial charge < -0.3 is 15.8 Å². The van der Waals surface area contributed by atoms with Crippen LogP contribution in [0.25, 0.3) is 0 Å². The Kier molecular flexibility index (Phi) is 4.19. The summed E-state index contributed by atoms with van der Waals surface area (Å²) in [7, 11) is 0. The van der Waals surface area contributed by atoms with Crippen molar-refractivity contribution in [3.05, 3.63) is 29.6 Å². The van der Waals surface area contributed by atoms with E-state index in [4.69, 9.17) is 10.5 Å². The Morgan fingerprint density at radius 3 is 2.83 bits per heavy atom. The smallest absolute Gasteiger partial charge is 0.165 e. The van der Waals surface area contributed by atoms with Crippen LogP contribution in [0.3, 0.4) is 0 Å². The van der Waals surface area contributed by atoms with E-state index in [0.717, 1.165) is 37.9 Å². The molecule has 4 heteroatoms. The molecule has 0 spiro atoms. The van der Waals surface area contributed by atoms with Crippen molar-refractivity contribution in [3.8, 4) is 5.75 Å². The summed E-state index contributed by atoms with van der Waals surface area (Å²) in [6.45, 7) is 4.01. The van der Waals surface area contributed by atoms with E-state index in [1.807, 2.05) is 13.0 Å². The predicted octanol–water partition coefficient (Wildman–Crippen LogP) is 1.85. The van der Waals surface area contributed by atoms with Crippen LogP contribution in [-0.2, 0) is 6.42 Å². The topological polar surface area (TPSA) is 47.3 Å². The zero-order valence-electron chi connectivity index (χ0n) is 10.8. The molecule has 1 aliphatic rings. The number of ether oxygens (including phenoxy) is 1. The normalized spacial score (nSPS) is 16.6. The minimum atomic E-state index is -0.285. The molecule has 0 bridgehead atoms. The molecule has 1 fully saturated rings. The second-order valence-corrected chi connectivity index (χ2v) is 4.99. The monoisotopic (exact) mass is 252 g/mol. The fourth-order valence-corrected chi connectivity index (χ4v) is 1.88. The lowest BCUT2D eigenvalue weighted by Gasteiger charge is -2.10. The molecule has 0 radical (unpaired) electrons. The van der Waals surface area contributed by atoms with Crippen LogP contribution in [0.1, 0.15) is 25.3 Å². The molecule has 0 aliphatic heterocycles. The number of rotatable bonds is 7. The standard InChI is InChI=1S/C14H21FN2O/c1-2-18-13-4-3-11(9-12(13)15)5-8-17-10-14(16)6-7-14/h3-4,9,17H,2,5-8,10,16H2,1H3. The van der Waals surface area contributed by atoms with E-state index in [-0.39, 0.29) is 11.4 Å². The molecular weight excluding hydrogens is 231 g/mol. The van der Waals surface area contributed by atoms with Gasteiger partial charge in [-0.3, -0.25) is 0 Å². The number of nitrogens with one attached hydrogen (secondary N) is 1. The second-order valence-electron chi connectivity index (χ2n) is 4.99. The van der Waals surface area contributed by atoms with Crippen molar-refractivity contribution in [3.63, 3.8) is 0 Å². The Morgan fingerprint density at radius 1 is 1.44 bits per heavy atom. The van der Waals surface area contributed by atoms with Crippen molar-refractivity contribution in [2.24, 2.45) is 5.73 Å². The third kappa shape index (κ3) is 3.68. The van der Waals surface area contributed by atoms with E-state index in [1.54, 1.807) is 12.1 Å². The van der Waals surface area contributed by atoms with Gasteiger partial charge in [-0.1, -0.05) is 6.07 Å². The van der Waals surface area contributed by atoms with Gasteiger partial charge in [0.15, 0.2) is 11.6 Å². The van der Waals surface area contributed by atoms with E-state index < -0.39 is 0 Å². The second kappa shape index (κ2) is 5.67. The first kappa shape index (κ1) is 13.3. The molecule has 0 saturated heterocycles. The number of nitrogens with two attached hydrogens (primary N) is 1. The first-order chi connectivity index (χ1) is 8.63. The maximum atomic E-state index is 13.6. The lowest BCUT2D eigenvalue weighted by Crippen LogP contribution is -2.36. The number of hydrogen-bond acceptors (Lipinski definition) is 3. The lowest BCUT2D eigenvalue weighted by molar-refractivity contribution is 0.321. The van der Waals surface area contributed by atoms with Crippen LogP contribution in [0.2, 0.25) is 0 Å². The molecule has 1 aliphatic carbocycles. The van der Waals surface area contributed by atoms with Gasteiger partial charge in [-0.05, 0) is 50.4 Å². The quantitative estimate of drug-likeness (QED) is 0.728. The molecule has 2 rings (SSSR count). The molecule has 1 aromatic carbocycles. The predicted molar refractivity (Wildman–Crippen MR) is 70.3 cm³/mol. The Balaban J connectivity index is 1.76. The molecule has 3 N–H and O–H groups in total. The zero-order chi connectivity index (χ0) is 13.0. The number of hydrogen-bond donors (Lipinski definition) is 2. The molecule has 0 heterocycles. The highest BCUT2D eigenvalue weighted by molar-refractivity contribution is 5.29.